The zero-order valence-electron chi connectivity index (χ0n) is 15.1. The van der Waals surface area contributed by atoms with Crippen molar-refractivity contribution < 1.29 is 9.90 Å². The van der Waals surface area contributed by atoms with Crippen molar-refractivity contribution in [3.63, 3.8) is 0 Å². The molecule has 134 valence electrons. The van der Waals surface area contributed by atoms with Crippen molar-refractivity contribution in [2.75, 3.05) is 0 Å². The number of aliphatic hydroxyl groups excluding tert-OH is 1. The van der Waals surface area contributed by atoms with Gasteiger partial charge in [0.25, 0.3) is 5.91 Å². The molecule has 0 radical (unpaired) electrons. The first-order valence-electron chi connectivity index (χ1n) is 8.66. The normalized spacial score (nSPS) is 21.0. The summed E-state index contributed by atoms with van der Waals surface area (Å²) in [7, 11) is 1.85. The summed E-state index contributed by atoms with van der Waals surface area (Å²) in [5.41, 5.74) is 2.11. The van der Waals surface area contributed by atoms with Gasteiger partial charge in [-0.3, -0.25) is 9.48 Å². The van der Waals surface area contributed by atoms with E-state index in [2.05, 4.69) is 20.4 Å². The SMILES string of the molecule is Cc1nc(C(C)C)ncc1C(=O)N[C@H](c1cnn(C)c1)C1CC(O)C1. The summed E-state index contributed by atoms with van der Waals surface area (Å²) in [6.07, 6.45) is 6.35. The Morgan fingerprint density at radius 3 is 2.60 bits per heavy atom. The molecule has 7 heteroatoms. The minimum atomic E-state index is -0.281. The van der Waals surface area contributed by atoms with Gasteiger partial charge in [-0.1, -0.05) is 13.8 Å². The van der Waals surface area contributed by atoms with Crippen molar-refractivity contribution in [3.05, 3.63) is 41.2 Å². The van der Waals surface area contributed by atoms with Crippen LogP contribution < -0.4 is 5.32 Å². The molecule has 0 bridgehead atoms. The molecule has 7 nitrogen and oxygen atoms in total. The molecule has 0 spiro atoms. The fourth-order valence-electron chi connectivity index (χ4n) is 3.18. The van der Waals surface area contributed by atoms with E-state index in [9.17, 15) is 9.90 Å². The fourth-order valence-corrected chi connectivity index (χ4v) is 3.18. The first-order chi connectivity index (χ1) is 11.8. The van der Waals surface area contributed by atoms with Gasteiger partial charge in [0.2, 0.25) is 0 Å². The number of nitrogens with one attached hydrogen (secondary N) is 1. The van der Waals surface area contributed by atoms with E-state index in [4.69, 9.17) is 0 Å². The van der Waals surface area contributed by atoms with Crippen LogP contribution >= 0.6 is 0 Å². The van der Waals surface area contributed by atoms with E-state index in [1.165, 1.54) is 0 Å². The molecule has 1 saturated carbocycles. The topological polar surface area (TPSA) is 92.9 Å². The Morgan fingerprint density at radius 1 is 1.36 bits per heavy atom. The summed E-state index contributed by atoms with van der Waals surface area (Å²) in [6.45, 7) is 5.87. The molecule has 1 fully saturated rings. The number of aromatic nitrogens is 4. The van der Waals surface area contributed by atoms with Gasteiger partial charge in [0.15, 0.2) is 0 Å². The molecular formula is C18H25N5O2. The largest absolute Gasteiger partial charge is 0.393 e. The molecule has 2 aromatic rings. The molecule has 0 unspecified atom stereocenters. The highest BCUT2D eigenvalue weighted by molar-refractivity contribution is 5.95. The average molecular weight is 343 g/mol. The Kier molecular flexibility index (Phi) is 4.85. The first kappa shape index (κ1) is 17.5. The predicted octanol–water partition coefficient (Wildman–Crippen LogP) is 1.88. The Balaban J connectivity index is 1.81. The van der Waals surface area contributed by atoms with Crippen LogP contribution in [0.25, 0.3) is 0 Å². The van der Waals surface area contributed by atoms with Gasteiger partial charge < -0.3 is 10.4 Å². The van der Waals surface area contributed by atoms with Gasteiger partial charge in [-0.15, -0.1) is 0 Å². The number of aliphatic hydroxyl groups is 1. The fraction of sp³-hybridized carbons (Fsp3) is 0.556. The number of carbonyl (C=O) groups is 1. The molecular weight excluding hydrogens is 318 g/mol. The summed E-state index contributed by atoms with van der Waals surface area (Å²) in [5.74, 6) is 0.970. The highest BCUT2D eigenvalue weighted by Gasteiger charge is 2.36. The standard InChI is InChI=1S/C18H25N5O2/c1-10(2)17-19-8-15(11(3)21-17)18(25)22-16(12-5-14(24)6-12)13-7-20-23(4)9-13/h7-10,12,14,16,24H,5-6H2,1-4H3,(H,22,25)/t12?,14?,16-/m0/s1. The Labute approximate surface area is 147 Å². The van der Waals surface area contributed by atoms with Crippen molar-refractivity contribution in [3.8, 4) is 0 Å². The minimum absolute atomic E-state index is 0.172. The van der Waals surface area contributed by atoms with Gasteiger partial charge in [0.05, 0.1) is 29.6 Å². The van der Waals surface area contributed by atoms with Crippen LogP contribution in [-0.4, -0.2) is 36.9 Å². The molecule has 25 heavy (non-hydrogen) atoms. The van der Waals surface area contributed by atoms with E-state index in [1.54, 1.807) is 17.1 Å². The number of rotatable bonds is 5. The smallest absolute Gasteiger partial charge is 0.255 e. The van der Waals surface area contributed by atoms with E-state index in [-0.39, 0.29) is 29.9 Å². The number of aryl methyl sites for hydroxylation is 2. The van der Waals surface area contributed by atoms with Gasteiger partial charge in [0.1, 0.15) is 5.82 Å². The second-order valence-electron chi connectivity index (χ2n) is 7.17. The molecule has 2 aromatic heterocycles. The third-order valence-electron chi connectivity index (χ3n) is 4.75. The molecule has 1 amide bonds. The van der Waals surface area contributed by atoms with Gasteiger partial charge in [-0.05, 0) is 25.7 Å². The molecule has 1 atom stereocenters. The van der Waals surface area contributed by atoms with E-state index < -0.39 is 0 Å². The Morgan fingerprint density at radius 2 is 2.08 bits per heavy atom. The summed E-state index contributed by atoms with van der Waals surface area (Å²) < 4.78 is 1.72. The van der Waals surface area contributed by atoms with Crippen LogP contribution in [-0.2, 0) is 7.05 Å². The summed E-state index contributed by atoms with van der Waals surface area (Å²) >= 11 is 0. The minimum Gasteiger partial charge on any atom is -0.393 e. The number of amides is 1. The third-order valence-corrected chi connectivity index (χ3v) is 4.75. The van der Waals surface area contributed by atoms with E-state index in [1.807, 2.05) is 34.0 Å². The Hall–Kier alpha value is -2.28. The maximum Gasteiger partial charge on any atom is 0.255 e. The van der Waals surface area contributed by atoms with Crippen LogP contribution in [0, 0.1) is 12.8 Å². The average Bonchev–Trinajstić information content (AvgIpc) is 2.95. The number of nitrogens with zero attached hydrogens (tertiary/aromatic N) is 4. The first-order valence-corrected chi connectivity index (χ1v) is 8.66. The lowest BCUT2D eigenvalue weighted by Crippen LogP contribution is -2.41. The summed E-state index contributed by atoms with van der Waals surface area (Å²) in [4.78, 5) is 21.5. The molecule has 0 saturated heterocycles. The molecule has 2 heterocycles. The van der Waals surface area contributed by atoms with Crippen LogP contribution in [0.15, 0.2) is 18.6 Å². The zero-order valence-corrected chi connectivity index (χ0v) is 15.1. The quantitative estimate of drug-likeness (QED) is 0.865. The molecule has 1 aliphatic rings. The zero-order chi connectivity index (χ0) is 18.1. The lowest BCUT2D eigenvalue weighted by atomic mass is 9.75. The van der Waals surface area contributed by atoms with Gasteiger partial charge in [-0.2, -0.15) is 5.10 Å². The van der Waals surface area contributed by atoms with E-state index in [0.717, 1.165) is 11.4 Å². The molecule has 2 N–H and O–H groups in total. The highest BCUT2D eigenvalue weighted by atomic mass is 16.3. The van der Waals surface area contributed by atoms with Crippen LogP contribution in [0.2, 0.25) is 0 Å². The monoisotopic (exact) mass is 343 g/mol. The lowest BCUT2D eigenvalue weighted by Gasteiger charge is -2.37. The number of hydrogen-bond donors (Lipinski definition) is 2. The lowest BCUT2D eigenvalue weighted by molar-refractivity contribution is 0.0235. The number of carbonyl (C=O) groups excluding carboxylic acids is 1. The summed E-state index contributed by atoms with van der Waals surface area (Å²) in [6, 6.07) is -0.172. The van der Waals surface area contributed by atoms with Gasteiger partial charge >= 0.3 is 0 Å². The van der Waals surface area contributed by atoms with Crippen molar-refractivity contribution in [1.29, 1.82) is 0 Å². The van der Waals surface area contributed by atoms with E-state index in [0.29, 0.717) is 24.1 Å². The molecule has 1 aliphatic carbocycles. The Bertz CT molecular complexity index is 765. The van der Waals surface area contributed by atoms with Crippen LogP contribution in [0.1, 0.15) is 66.1 Å². The second kappa shape index (κ2) is 6.92. The van der Waals surface area contributed by atoms with Gasteiger partial charge in [0, 0.05) is 30.9 Å². The van der Waals surface area contributed by atoms with Crippen molar-refractivity contribution in [2.24, 2.45) is 13.0 Å². The second-order valence-corrected chi connectivity index (χ2v) is 7.17. The maximum atomic E-state index is 12.8. The van der Waals surface area contributed by atoms with Crippen molar-refractivity contribution >= 4 is 5.91 Å². The van der Waals surface area contributed by atoms with Crippen molar-refractivity contribution in [1.82, 2.24) is 25.1 Å². The van der Waals surface area contributed by atoms with Crippen LogP contribution in [0.4, 0.5) is 0 Å². The molecule has 0 aromatic carbocycles. The summed E-state index contributed by atoms with van der Waals surface area (Å²) in [5, 5.41) is 16.9. The van der Waals surface area contributed by atoms with Crippen molar-refractivity contribution in [2.45, 2.75) is 51.7 Å². The molecule has 3 rings (SSSR count). The highest BCUT2D eigenvalue weighted by Crippen LogP contribution is 2.38. The number of hydrogen-bond acceptors (Lipinski definition) is 5. The van der Waals surface area contributed by atoms with Gasteiger partial charge in [-0.25, -0.2) is 9.97 Å². The predicted molar refractivity (Wildman–Crippen MR) is 93.0 cm³/mol. The van der Waals surface area contributed by atoms with Crippen LogP contribution in [0.5, 0.6) is 0 Å². The van der Waals surface area contributed by atoms with E-state index >= 15 is 0 Å². The maximum absolute atomic E-state index is 12.8. The molecule has 0 aliphatic heterocycles. The third kappa shape index (κ3) is 3.71. The van der Waals surface area contributed by atoms with Crippen LogP contribution in [0.3, 0.4) is 0 Å².